The molecule has 0 fully saturated rings. The minimum Gasteiger partial charge on any atom is -0.305 e. The van der Waals surface area contributed by atoms with Crippen molar-refractivity contribution in [2.45, 2.75) is 19.5 Å². The highest BCUT2D eigenvalue weighted by Gasteiger charge is 2.33. The van der Waals surface area contributed by atoms with Gasteiger partial charge in [-0.1, -0.05) is 0 Å². The standard InChI is InChI=1S/C12H10F3NO2/c1-7(17)16-6-10(18)5-8-4-9(12(13,14)15)2-3-11(8)16/h2-4H,5-6H2,1H3. The average Bonchev–Trinajstić information content (AvgIpc) is 2.25. The van der Waals surface area contributed by atoms with Gasteiger partial charge in [-0.05, 0) is 23.8 Å². The lowest BCUT2D eigenvalue weighted by atomic mass is 9.98. The van der Waals surface area contributed by atoms with Crippen LogP contribution in [-0.4, -0.2) is 18.2 Å². The normalized spacial score (nSPS) is 15.6. The third-order valence-corrected chi connectivity index (χ3v) is 2.80. The molecule has 0 unspecified atom stereocenters. The minimum atomic E-state index is -4.45. The summed E-state index contributed by atoms with van der Waals surface area (Å²) in [5.74, 6) is -0.624. The number of fused-ring (bicyclic) bond motifs is 1. The summed E-state index contributed by atoms with van der Waals surface area (Å²) < 4.78 is 37.6. The fourth-order valence-electron chi connectivity index (χ4n) is 1.98. The Morgan fingerprint density at radius 2 is 2.00 bits per heavy atom. The molecule has 0 atom stereocenters. The molecule has 1 aliphatic heterocycles. The zero-order valence-electron chi connectivity index (χ0n) is 9.54. The van der Waals surface area contributed by atoms with E-state index in [-0.39, 0.29) is 30.2 Å². The number of nitrogens with zero attached hydrogens (tertiary/aromatic N) is 1. The molecule has 18 heavy (non-hydrogen) atoms. The van der Waals surface area contributed by atoms with E-state index in [4.69, 9.17) is 0 Å². The maximum absolute atomic E-state index is 12.5. The van der Waals surface area contributed by atoms with Crippen LogP contribution in [0.4, 0.5) is 18.9 Å². The Hall–Kier alpha value is -1.85. The predicted molar refractivity (Wildman–Crippen MR) is 58.2 cm³/mol. The molecule has 0 radical (unpaired) electrons. The first-order valence-corrected chi connectivity index (χ1v) is 5.29. The molecule has 0 bridgehead atoms. The van der Waals surface area contributed by atoms with Crippen LogP contribution >= 0.6 is 0 Å². The second-order valence-electron chi connectivity index (χ2n) is 4.16. The number of benzene rings is 1. The Morgan fingerprint density at radius 1 is 1.33 bits per heavy atom. The van der Waals surface area contributed by atoms with Gasteiger partial charge in [-0.15, -0.1) is 0 Å². The molecule has 1 heterocycles. The molecule has 1 aromatic carbocycles. The molecule has 0 aliphatic carbocycles. The summed E-state index contributed by atoms with van der Waals surface area (Å²) in [6, 6.07) is 3.10. The highest BCUT2D eigenvalue weighted by molar-refractivity contribution is 6.02. The van der Waals surface area contributed by atoms with Crippen molar-refractivity contribution in [3.63, 3.8) is 0 Å². The molecular formula is C12H10F3NO2. The van der Waals surface area contributed by atoms with Gasteiger partial charge in [0.2, 0.25) is 5.91 Å². The van der Waals surface area contributed by atoms with Crippen molar-refractivity contribution < 1.29 is 22.8 Å². The monoisotopic (exact) mass is 257 g/mol. The van der Waals surface area contributed by atoms with Gasteiger partial charge in [-0.2, -0.15) is 13.2 Å². The maximum atomic E-state index is 12.5. The number of ketones is 1. The molecule has 6 heteroatoms. The molecule has 0 aromatic heterocycles. The summed E-state index contributed by atoms with van der Waals surface area (Å²) >= 11 is 0. The lowest BCUT2D eigenvalue weighted by Crippen LogP contribution is -2.39. The second-order valence-corrected chi connectivity index (χ2v) is 4.16. The molecule has 96 valence electrons. The first-order chi connectivity index (χ1) is 8.29. The smallest absolute Gasteiger partial charge is 0.305 e. The van der Waals surface area contributed by atoms with E-state index in [0.717, 1.165) is 12.1 Å². The number of rotatable bonds is 0. The summed E-state index contributed by atoms with van der Waals surface area (Å²) in [6.45, 7) is 1.20. The summed E-state index contributed by atoms with van der Waals surface area (Å²) in [5.41, 5.74) is -0.175. The van der Waals surface area contributed by atoms with Gasteiger partial charge in [-0.25, -0.2) is 0 Å². The quantitative estimate of drug-likeness (QED) is 0.714. The summed E-state index contributed by atoms with van der Waals surface area (Å²) in [6.07, 6.45) is -4.51. The van der Waals surface area contributed by atoms with Gasteiger partial charge in [0.05, 0.1) is 12.1 Å². The fraction of sp³-hybridized carbons (Fsp3) is 0.333. The Morgan fingerprint density at radius 3 is 2.56 bits per heavy atom. The number of Topliss-reactive ketones (excluding diaryl/α,β-unsaturated/α-hetero) is 1. The van der Waals surface area contributed by atoms with Gasteiger partial charge in [0.15, 0.2) is 5.78 Å². The van der Waals surface area contributed by atoms with Gasteiger partial charge in [0.1, 0.15) is 0 Å². The highest BCUT2D eigenvalue weighted by atomic mass is 19.4. The van der Waals surface area contributed by atoms with Crippen LogP contribution in [0.3, 0.4) is 0 Å². The van der Waals surface area contributed by atoms with E-state index < -0.39 is 11.7 Å². The van der Waals surface area contributed by atoms with Crippen LogP contribution in [0.15, 0.2) is 18.2 Å². The van der Waals surface area contributed by atoms with Crippen molar-refractivity contribution in [2.24, 2.45) is 0 Å². The molecule has 2 rings (SSSR count). The summed E-state index contributed by atoms with van der Waals surface area (Å²) in [7, 11) is 0. The van der Waals surface area contributed by atoms with Gasteiger partial charge in [0, 0.05) is 19.0 Å². The molecular weight excluding hydrogens is 247 g/mol. The van der Waals surface area contributed by atoms with Crippen molar-refractivity contribution >= 4 is 17.4 Å². The van der Waals surface area contributed by atoms with E-state index in [0.29, 0.717) is 5.69 Å². The Kier molecular flexibility index (Phi) is 2.88. The Labute approximate surface area is 101 Å². The van der Waals surface area contributed by atoms with E-state index in [1.54, 1.807) is 0 Å². The molecule has 0 spiro atoms. The predicted octanol–water partition coefficient (Wildman–Crippen LogP) is 2.18. The summed E-state index contributed by atoms with van der Waals surface area (Å²) in [4.78, 5) is 24.0. The van der Waals surface area contributed by atoms with Crippen LogP contribution in [0.1, 0.15) is 18.1 Å². The first kappa shape index (κ1) is 12.6. The number of amides is 1. The van der Waals surface area contributed by atoms with Crippen LogP contribution in [0.5, 0.6) is 0 Å². The van der Waals surface area contributed by atoms with Crippen LogP contribution in [0.2, 0.25) is 0 Å². The third-order valence-electron chi connectivity index (χ3n) is 2.80. The molecule has 1 aromatic rings. The van der Waals surface area contributed by atoms with Crippen molar-refractivity contribution in [1.82, 2.24) is 0 Å². The van der Waals surface area contributed by atoms with Crippen molar-refractivity contribution in [2.75, 3.05) is 11.4 Å². The lowest BCUT2D eigenvalue weighted by molar-refractivity contribution is -0.137. The van der Waals surface area contributed by atoms with E-state index >= 15 is 0 Å². The maximum Gasteiger partial charge on any atom is 0.416 e. The number of carbonyl (C=O) groups excluding carboxylic acids is 2. The number of anilines is 1. The number of hydrogen-bond donors (Lipinski definition) is 0. The molecule has 1 aliphatic rings. The summed E-state index contributed by atoms with van der Waals surface area (Å²) in [5, 5.41) is 0. The third kappa shape index (κ3) is 2.23. The van der Waals surface area contributed by atoms with E-state index in [9.17, 15) is 22.8 Å². The largest absolute Gasteiger partial charge is 0.416 e. The van der Waals surface area contributed by atoms with Crippen molar-refractivity contribution in [1.29, 1.82) is 0 Å². The first-order valence-electron chi connectivity index (χ1n) is 5.29. The van der Waals surface area contributed by atoms with Gasteiger partial charge >= 0.3 is 6.18 Å². The average molecular weight is 257 g/mol. The number of hydrogen-bond acceptors (Lipinski definition) is 2. The molecule has 0 saturated carbocycles. The topological polar surface area (TPSA) is 37.4 Å². The van der Waals surface area contributed by atoms with Gasteiger partial charge < -0.3 is 4.90 Å². The van der Waals surface area contributed by atoms with Gasteiger partial charge in [-0.3, -0.25) is 9.59 Å². The molecule has 3 nitrogen and oxygen atoms in total. The Balaban J connectivity index is 2.50. The second kappa shape index (κ2) is 4.12. The van der Waals surface area contributed by atoms with E-state index in [1.807, 2.05) is 0 Å². The van der Waals surface area contributed by atoms with Crippen LogP contribution < -0.4 is 4.90 Å². The number of halogens is 3. The molecule has 0 N–H and O–H groups in total. The van der Waals surface area contributed by atoms with Gasteiger partial charge in [0.25, 0.3) is 0 Å². The van der Waals surface area contributed by atoms with E-state index in [2.05, 4.69) is 0 Å². The lowest BCUT2D eigenvalue weighted by Gasteiger charge is -2.28. The number of carbonyl (C=O) groups is 2. The van der Waals surface area contributed by atoms with Crippen LogP contribution in [0, 0.1) is 0 Å². The van der Waals surface area contributed by atoms with Crippen molar-refractivity contribution in [3.05, 3.63) is 29.3 Å². The highest BCUT2D eigenvalue weighted by Crippen LogP contribution is 2.34. The minimum absolute atomic E-state index is 0.0664. The SMILES string of the molecule is CC(=O)N1CC(=O)Cc2cc(C(F)(F)F)ccc21. The van der Waals surface area contributed by atoms with Crippen LogP contribution in [-0.2, 0) is 22.2 Å². The number of alkyl halides is 3. The zero-order chi connectivity index (χ0) is 13.5. The Bertz CT molecular complexity index is 523. The molecule has 1 amide bonds. The molecule has 0 saturated heterocycles. The van der Waals surface area contributed by atoms with Crippen molar-refractivity contribution in [3.8, 4) is 0 Å². The van der Waals surface area contributed by atoms with Crippen LogP contribution in [0.25, 0.3) is 0 Å². The van der Waals surface area contributed by atoms with E-state index in [1.165, 1.54) is 17.9 Å². The zero-order valence-corrected chi connectivity index (χ0v) is 9.54. The fourth-order valence-corrected chi connectivity index (χ4v) is 1.98.